The standard InChI is InChI=1S/C49H76N4O12S2/c1-18-49(16,17)48(62)63-19-20-66-29(14)43(56)52-41-37(46(60)64-39(25(6)7)26(8)9)35(23(2)3)31(50-41)21-32-36(24(4)5)38(47(61)65-40(27(10)11)28(12)13)42(51-32)53-44(57)30(15)67-33(45(58)59)22-34(54)55/h21,23-30,33,39-40,50H,18-20,22H2,1-17H3,(H,52,56)(H,54,55)(H,58,59)(H,51,53,57). The highest BCUT2D eigenvalue weighted by molar-refractivity contribution is 8.01. The van der Waals surface area contributed by atoms with Crippen LogP contribution >= 0.6 is 23.5 Å². The van der Waals surface area contributed by atoms with Crippen molar-refractivity contribution in [2.75, 3.05) is 17.7 Å². The summed E-state index contributed by atoms with van der Waals surface area (Å²) in [6.45, 7) is 31.7. The quantitative estimate of drug-likeness (QED) is 0.0349. The van der Waals surface area contributed by atoms with Crippen molar-refractivity contribution in [2.24, 2.45) is 40.0 Å². The minimum absolute atomic E-state index is 0.0178. The van der Waals surface area contributed by atoms with Gasteiger partial charge in [-0.25, -0.2) is 14.6 Å². The lowest BCUT2D eigenvalue weighted by Crippen LogP contribution is -2.40. The van der Waals surface area contributed by atoms with Crippen LogP contribution in [0.2, 0.25) is 0 Å². The predicted octanol–water partition coefficient (Wildman–Crippen LogP) is 9.11. The van der Waals surface area contributed by atoms with Crippen LogP contribution in [0.25, 0.3) is 6.08 Å². The number of aromatic nitrogens is 1. The van der Waals surface area contributed by atoms with Gasteiger partial charge >= 0.3 is 29.8 Å². The molecule has 3 unspecified atom stereocenters. The average molecular weight is 977 g/mol. The van der Waals surface area contributed by atoms with Gasteiger partial charge in [-0.3, -0.25) is 24.0 Å². The Balaban J connectivity index is 2.88. The normalized spacial score (nSPS) is 15.3. The molecule has 0 bridgehead atoms. The van der Waals surface area contributed by atoms with Crippen molar-refractivity contribution >= 4 is 82.9 Å². The van der Waals surface area contributed by atoms with Crippen LogP contribution in [-0.2, 0) is 43.0 Å². The second-order valence-electron chi connectivity index (χ2n) is 19.6. The Morgan fingerprint density at radius 1 is 0.746 bits per heavy atom. The number of carboxylic acid groups (broad SMARTS) is 2. The molecule has 0 aromatic carbocycles. The third kappa shape index (κ3) is 16.3. The summed E-state index contributed by atoms with van der Waals surface area (Å²) in [6.07, 6.45) is 0.556. The molecule has 0 spiro atoms. The maximum atomic E-state index is 14.4. The molecule has 1 aromatic rings. The lowest BCUT2D eigenvalue weighted by Gasteiger charge is -2.26. The molecule has 16 nitrogen and oxygen atoms in total. The highest BCUT2D eigenvalue weighted by Gasteiger charge is 2.38. The zero-order chi connectivity index (χ0) is 51.4. The zero-order valence-electron chi connectivity index (χ0n) is 42.5. The van der Waals surface area contributed by atoms with Crippen molar-refractivity contribution in [3.8, 4) is 0 Å². The first-order valence-electron chi connectivity index (χ1n) is 23.2. The van der Waals surface area contributed by atoms with Crippen molar-refractivity contribution < 1.29 is 58.0 Å². The molecule has 376 valence electrons. The van der Waals surface area contributed by atoms with Gasteiger partial charge in [-0.15, -0.1) is 23.5 Å². The number of hydrogen-bond acceptors (Lipinski definition) is 13. The number of aromatic amines is 1. The molecule has 3 atom stereocenters. The van der Waals surface area contributed by atoms with Gasteiger partial charge in [0.2, 0.25) is 11.8 Å². The van der Waals surface area contributed by atoms with E-state index in [1.165, 1.54) is 18.7 Å². The van der Waals surface area contributed by atoms with E-state index in [0.29, 0.717) is 40.8 Å². The van der Waals surface area contributed by atoms with Gasteiger partial charge < -0.3 is 40.0 Å². The van der Waals surface area contributed by atoms with Gasteiger partial charge in [-0.1, -0.05) is 90.0 Å². The number of rotatable bonds is 25. The minimum Gasteiger partial charge on any atom is -0.481 e. The lowest BCUT2D eigenvalue weighted by atomic mass is 9.91. The molecule has 0 aliphatic carbocycles. The number of ether oxygens (including phenoxy) is 3. The number of carbonyl (C=O) groups excluding carboxylic acids is 5. The number of nitrogens with zero attached hydrogens (tertiary/aromatic N) is 1. The summed E-state index contributed by atoms with van der Waals surface area (Å²) in [6, 6.07) is 0. The fourth-order valence-corrected chi connectivity index (χ4v) is 9.27. The van der Waals surface area contributed by atoms with Crippen LogP contribution in [0.3, 0.4) is 0 Å². The van der Waals surface area contributed by atoms with Gasteiger partial charge in [0, 0.05) is 11.4 Å². The second kappa shape index (κ2) is 25.7. The molecule has 2 heterocycles. The molecule has 18 heteroatoms. The largest absolute Gasteiger partial charge is 0.481 e. The molecular formula is C49H76N4O12S2. The maximum Gasteiger partial charge on any atom is 0.342 e. The van der Waals surface area contributed by atoms with Crippen molar-refractivity contribution in [3.63, 3.8) is 0 Å². The van der Waals surface area contributed by atoms with Crippen molar-refractivity contribution in [3.05, 3.63) is 33.7 Å². The molecule has 1 aliphatic rings. The first-order chi connectivity index (χ1) is 31.0. The second-order valence-corrected chi connectivity index (χ2v) is 22.6. The van der Waals surface area contributed by atoms with E-state index in [9.17, 15) is 43.8 Å². The van der Waals surface area contributed by atoms with Gasteiger partial charge in [0.05, 0.1) is 28.0 Å². The van der Waals surface area contributed by atoms with Gasteiger partial charge in [0.1, 0.15) is 46.9 Å². The Kier molecular flexibility index (Phi) is 22.4. The number of anilines is 1. The third-order valence-electron chi connectivity index (χ3n) is 11.4. The number of carboxylic acids is 2. The van der Waals surface area contributed by atoms with Crippen LogP contribution in [0.15, 0.2) is 21.8 Å². The summed E-state index contributed by atoms with van der Waals surface area (Å²) < 4.78 is 17.8. The molecule has 2 rings (SSSR count). The lowest BCUT2D eigenvalue weighted by molar-refractivity contribution is -0.153. The number of aliphatic imine (C=N–C) groups is 1. The molecule has 2 amide bonds. The van der Waals surface area contributed by atoms with Crippen LogP contribution in [0.4, 0.5) is 5.82 Å². The van der Waals surface area contributed by atoms with Gasteiger partial charge in [0.15, 0.2) is 0 Å². The molecule has 1 aromatic heterocycles. The number of allylic oxidation sites excluding steroid dienone is 1. The molecule has 0 saturated carbocycles. The molecule has 1 aliphatic heterocycles. The number of amidine groups is 1. The summed E-state index contributed by atoms with van der Waals surface area (Å²) in [7, 11) is 0. The van der Waals surface area contributed by atoms with E-state index in [2.05, 4.69) is 15.6 Å². The van der Waals surface area contributed by atoms with Gasteiger partial charge in [0.25, 0.3) is 0 Å². The van der Waals surface area contributed by atoms with Crippen LogP contribution in [0, 0.1) is 35.0 Å². The molecule has 67 heavy (non-hydrogen) atoms. The maximum absolute atomic E-state index is 14.4. The Labute approximate surface area is 405 Å². The fourth-order valence-electron chi connectivity index (χ4n) is 7.50. The molecule has 0 fully saturated rings. The zero-order valence-corrected chi connectivity index (χ0v) is 44.1. The number of H-pyrrole nitrogens is 1. The molecular weight excluding hydrogens is 901 g/mol. The predicted molar refractivity (Wildman–Crippen MR) is 265 cm³/mol. The number of esters is 3. The topological polar surface area (TPSA) is 240 Å². The van der Waals surface area contributed by atoms with E-state index >= 15 is 0 Å². The van der Waals surface area contributed by atoms with Crippen LogP contribution in [-0.4, -0.2) is 103 Å². The molecule has 5 N–H and O–H groups in total. The van der Waals surface area contributed by atoms with Gasteiger partial charge in [-0.2, -0.15) is 0 Å². The Morgan fingerprint density at radius 3 is 1.73 bits per heavy atom. The van der Waals surface area contributed by atoms with E-state index in [1.807, 2.05) is 104 Å². The van der Waals surface area contributed by atoms with E-state index in [0.717, 1.165) is 0 Å². The summed E-state index contributed by atoms with van der Waals surface area (Å²) >= 11 is 1.92. The Morgan fingerprint density at radius 2 is 1.27 bits per heavy atom. The number of carbonyl (C=O) groups is 7. The monoisotopic (exact) mass is 976 g/mol. The SMILES string of the molecule is CCC(C)(C)C(=O)OCCSC(C)C(=O)Nc1[nH]c(C=C2N=C(NC(=O)C(C)SC(CC(=O)O)C(=O)O)C(C(=O)OC(C(C)C)C(C)C)=C2C(C)C)c(C(C)C)c1C(=O)OC(C(C)C)C(C)C. The number of nitrogens with one attached hydrogen (secondary N) is 3. The minimum atomic E-state index is -1.43. The van der Waals surface area contributed by atoms with Crippen LogP contribution in [0.5, 0.6) is 0 Å². The van der Waals surface area contributed by atoms with E-state index in [1.54, 1.807) is 13.0 Å². The van der Waals surface area contributed by atoms with Crippen molar-refractivity contribution in [1.82, 2.24) is 10.3 Å². The summed E-state index contributed by atoms with van der Waals surface area (Å²) in [5.41, 5.74) is 0.974. The van der Waals surface area contributed by atoms with Crippen molar-refractivity contribution in [2.45, 2.75) is 164 Å². The average Bonchev–Trinajstić information content (AvgIpc) is 3.76. The first kappa shape index (κ1) is 58.5. The van der Waals surface area contributed by atoms with Crippen molar-refractivity contribution in [1.29, 1.82) is 0 Å². The van der Waals surface area contributed by atoms with Crippen LogP contribution in [0.1, 0.15) is 158 Å². The smallest absolute Gasteiger partial charge is 0.342 e. The van der Waals surface area contributed by atoms with Gasteiger partial charge in [-0.05, 0) is 86.8 Å². The van der Waals surface area contributed by atoms with E-state index in [4.69, 9.17) is 19.2 Å². The Bertz CT molecular complexity index is 2050. The third-order valence-corrected chi connectivity index (χ3v) is 13.8. The summed E-state index contributed by atoms with van der Waals surface area (Å²) in [4.78, 5) is 100. The number of thioether (sulfide) groups is 2. The number of amides is 2. The summed E-state index contributed by atoms with van der Waals surface area (Å²) in [5.74, 6) is -6.28. The fraction of sp³-hybridized carbons (Fsp3) is 0.673. The molecule has 0 radical (unpaired) electrons. The molecule has 0 saturated heterocycles. The van der Waals surface area contributed by atoms with Crippen LogP contribution < -0.4 is 10.6 Å². The summed E-state index contributed by atoms with van der Waals surface area (Å²) in [5, 5.41) is 21.5. The highest BCUT2D eigenvalue weighted by Crippen LogP contribution is 2.39. The van der Waals surface area contributed by atoms with E-state index < -0.39 is 81.4 Å². The first-order valence-corrected chi connectivity index (χ1v) is 25.2. The van der Waals surface area contributed by atoms with E-state index in [-0.39, 0.29) is 70.7 Å². The number of aliphatic carboxylic acids is 2. The number of hydrogen-bond donors (Lipinski definition) is 5. The Hall–Kier alpha value is -4.58. The highest BCUT2D eigenvalue weighted by atomic mass is 32.2.